The lowest BCUT2D eigenvalue weighted by molar-refractivity contribution is 0.0952. The molecule has 1 aromatic carbocycles. The van der Waals surface area contributed by atoms with Gasteiger partial charge in [0.15, 0.2) is 0 Å². The van der Waals surface area contributed by atoms with Crippen LogP contribution in [0, 0.1) is 0 Å². The maximum Gasteiger partial charge on any atom is 0.252 e. The number of nitrogens with one attached hydrogen (secondary N) is 1. The van der Waals surface area contributed by atoms with E-state index < -0.39 is 0 Å². The number of amides is 1. The van der Waals surface area contributed by atoms with E-state index in [0.717, 1.165) is 8.95 Å². The van der Waals surface area contributed by atoms with Crippen LogP contribution in [0.2, 0.25) is 0 Å². The van der Waals surface area contributed by atoms with Gasteiger partial charge in [0, 0.05) is 21.9 Å². The minimum atomic E-state index is -0.164. The average molecular weight is 379 g/mol. The summed E-state index contributed by atoms with van der Waals surface area (Å²) in [5, 5.41) is 14.0. The molecule has 0 heterocycles. The molecule has 5 nitrogen and oxygen atoms in total. The molecule has 0 saturated carbocycles. The molecule has 0 aliphatic heterocycles. The fourth-order valence-electron chi connectivity index (χ4n) is 1.29. The number of nitrogens with zero attached hydrogens (tertiary/aromatic N) is 1. The van der Waals surface area contributed by atoms with Crippen LogP contribution in [0.1, 0.15) is 23.2 Å². The largest absolute Gasteiger partial charge is 0.409 e. The Balaban J connectivity index is 2.48. The first kappa shape index (κ1) is 15.0. The van der Waals surface area contributed by atoms with Crippen LogP contribution in [-0.2, 0) is 0 Å². The lowest BCUT2D eigenvalue weighted by Crippen LogP contribution is -2.26. The second kappa shape index (κ2) is 7.38. The summed E-state index contributed by atoms with van der Waals surface area (Å²) in [7, 11) is 0. The first-order valence-electron chi connectivity index (χ1n) is 5.24. The molecule has 0 bridgehead atoms. The molecule has 1 amide bonds. The summed E-state index contributed by atoms with van der Waals surface area (Å²) in [5.41, 5.74) is 5.88. The van der Waals surface area contributed by atoms with Crippen LogP contribution in [0.4, 0.5) is 0 Å². The molecule has 98 valence electrons. The minimum absolute atomic E-state index is 0.160. The number of hydrogen-bond acceptors (Lipinski definition) is 3. The Hall–Kier alpha value is -1.08. The highest BCUT2D eigenvalue weighted by molar-refractivity contribution is 9.11. The predicted molar refractivity (Wildman–Crippen MR) is 76.8 cm³/mol. The number of rotatable bonds is 5. The lowest BCUT2D eigenvalue weighted by Gasteiger charge is -2.07. The van der Waals surface area contributed by atoms with Crippen molar-refractivity contribution in [3.63, 3.8) is 0 Å². The van der Waals surface area contributed by atoms with Gasteiger partial charge in [-0.15, -0.1) is 0 Å². The van der Waals surface area contributed by atoms with E-state index in [0.29, 0.717) is 24.9 Å². The number of oxime groups is 1. The molecular formula is C11H13Br2N3O2. The molecule has 0 aromatic heterocycles. The lowest BCUT2D eigenvalue weighted by atomic mass is 10.2. The summed E-state index contributed by atoms with van der Waals surface area (Å²) in [6.07, 6.45) is 1.06. The van der Waals surface area contributed by atoms with Gasteiger partial charge in [-0.25, -0.2) is 0 Å². The maximum atomic E-state index is 11.9. The summed E-state index contributed by atoms with van der Waals surface area (Å²) >= 11 is 6.63. The normalized spacial score (nSPS) is 11.3. The summed E-state index contributed by atoms with van der Waals surface area (Å²) in [4.78, 5) is 11.9. The standard InChI is InChI=1S/C11H13Br2N3O2/c12-7-3-4-9(13)8(6-7)11(17)15-5-1-2-10(14)16-18/h3-4,6,18H,1-2,5H2,(H2,14,16)(H,15,17). The topological polar surface area (TPSA) is 87.7 Å². The van der Waals surface area contributed by atoms with Gasteiger partial charge in [0.05, 0.1) is 5.56 Å². The molecule has 0 aliphatic carbocycles. The van der Waals surface area contributed by atoms with E-state index in [-0.39, 0.29) is 11.7 Å². The molecule has 7 heteroatoms. The number of carbonyl (C=O) groups excluding carboxylic acids is 1. The first-order valence-corrected chi connectivity index (χ1v) is 6.83. The van der Waals surface area contributed by atoms with Crippen molar-refractivity contribution in [3.05, 3.63) is 32.7 Å². The third-order valence-corrected chi connectivity index (χ3v) is 3.38. The average Bonchev–Trinajstić information content (AvgIpc) is 2.36. The molecule has 0 atom stereocenters. The van der Waals surface area contributed by atoms with Crippen LogP contribution in [0.25, 0.3) is 0 Å². The van der Waals surface area contributed by atoms with Crippen molar-refractivity contribution in [1.82, 2.24) is 5.32 Å². The number of amidine groups is 1. The van der Waals surface area contributed by atoms with E-state index in [4.69, 9.17) is 10.9 Å². The molecule has 0 unspecified atom stereocenters. The van der Waals surface area contributed by atoms with Gasteiger partial charge in [0.2, 0.25) is 0 Å². The van der Waals surface area contributed by atoms with E-state index in [1.807, 2.05) is 6.07 Å². The van der Waals surface area contributed by atoms with E-state index in [1.165, 1.54) is 0 Å². The van der Waals surface area contributed by atoms with Gasteiger partial charge in [0.1, 0.15) is 5.84 Å². The van der Waals surface area contributed by atoms with Crippen LogP contribution < -0.4 is 11.1 Å². The molecule has 0 radical (unpaired) electrons. The second-order valence-corrected chi connectivity index (χ2v) is 5.34. The predicted octanol–water partition coefficient (Wildman–Crippen LogP) is 2.47. The van der Waals surface area contributed by atoms with E-state index in [1.54, 1.807) is 12.1 Å². The van der Waals surface area contributed by atoms with Crippen molar-refractivity contribution >= 4 is 43.6 Å². The van der Waals surface area contributed by atoms with Crippen LogP contribution >= 0.6 is 31.9 Å². The van der Waals surface area contributed by atoms with Gasteiger partial charge < -0.3 is 16.3 Å². The second-order valence-electron chi connectivity index (χ2n) is 3.57. The van der Waals surface area contributed by atoms with Crippen molar-refractivity contribution < 1.29 is 10.0 Å². The maximum absolute atomic E-state index is 11.9. The third kappa shape index (κ3) is 4.66. The Labute approximate surface area is 122 Å². The summed E-state index contributed by atoms with van der Waals surface area (Å²) in [6, 6.07) is 5.39. The van der Waals surface area contributed by atoms with E-state index >= 15 is 0 Å². The van der Waals surface area contributed by atoms with Crippen molar-refractivity contribution in [1.29, 1.82) is 0 Å². The van der Waals surface area contributed by atoms with Crippen LogP contribution in [-0.4, -0.2) is 23.5 Å². The monoisotopic (exact) mass is 377 g/mol. The summed E-state index contributed by atoms with van der Waals surface area (Å²) < 4.78 is 1.58. The van der Waals surface area contributed by atoms with Gasteiger partial charge in [-0.2, -0.15) is 0 Å². The molecular weight excluding hydrogens is 366 g/mol. The molecule has 1 rings (SSSR count). The van der Waals surface area contributed by atoms with Crippen LogP contribution in [0.3, 0.4) is 0 Å². The molecule has 18 heavy (non-hydrogen) atoms. The fourth-order valence-corrected chi connectivity index (χ4v) is 2.08. The Morgan fingerprint density at radius 2 is 2.17 bits per heavy atom. The smallest absolute Gasteiger partial charge is 0.252 e. The van der Waals surface area contributed by atoms with Crippen LogP contribution in [0.15, 0.2) is 32.3 Å². The molecule has 1 aromatic rings. The van der Waals surface area contributed by atoms with E-state index in [9.17, 15) is 4.79 Å². The van der Waals surface area contributed by atoms with E-state index in [2.05, 4.69) is 42.3 Å². The quantitative estimate of drug-likeness (QED) is 0.242. The fraction of sp³-hybridized carbons (Fsp3) is 0.273. The number of nitrogens with two attached hydrogens (primary N) is 1. The van der Waals surface area contributed by atoms with Gasteiger partial charge in [-0.3, -0.25) is 4.79 Å². The zero-order valence-electron chi connectivity index (χ0n) is 9.49. The Morgan fingerprint density at radius 1 is 1.44 bits per heavy atom. The molecule has 0 aliphatic rings. The Morgan fingerprint density at radius 3 is 2.83 bits per heavy atom. The molecule has 4 N–H and O–H groups in total. The summed E-state index contributed by atoms with van der Waals surface area (Å²) in [5.74, 6) is -0.00410. The minimum Gasteiger partial charge on any atom is -0.409 e. The van der Waals surface area contributed by atoms with Crippen molar-refractivity contribution in [2.75, 3.05) is 6.54 Å². The number of hydrogen-bond donors (Lipinski definition) is 3. The van der Waals surface area contributed by atoms with Crippen LogP contribution in [0.5, 0.6) is 0 Å². The molecule has 0 saturated heterocycles. The molecule has 0 fully saturated rings. The van der Waals surface area contributed by atoms with Gasteiger partial charge in [0.25, 0.3) is 5.91 Å². The highest BCUT2D eigenvalue weighted by Gasteiger charge is 2.09. The SMILES string of the molecule is N/C(CCCNC(=O)c1cc(Br)ccc1Br)=N/O. The molecule has 0 spiro atoms. The third-order valence-electron chi connectivity index (χ3n) is 2.20. The Kier molecular flexibility index (Phi) is 6.14. The number of carbonyl (C=O) groups is 1. The van der Waals surface area contributed by atoms with Crippen molar-refractivity contribution in [2.24, 2.45) is 10.9 Å². The Bertz CT molecular complexity index is 464. The van der Waals surface area contributed by atoms with Crippen molar-refractivity contribution in [2.45, 2.75) is 12.8 Å². The zero-order chi connectivity index (χ0) is 13.5. The summed E-state index contributed by atoms with van der Waals surface area (Å²) in [6.45, 7) is 0.466. The highest BCUT2D eigenvalue weighted by Crippen LogP contribution is 2.21. The van der Waals surface area contributed by atoms with Crippen molar-refractivity contribution in [3.8, 4) is 0 Å². The number of halogens is 2. The highest BCUT2D eigenvalue weighted by atomic mass is 79.9. The van der Waals surface area contributed by atoms with Gasteiger partial charge in [-0.1, -0.05) is 21.1 Å². The van der Waals surface area contributed by atoms with Gasteiger partial charge >= 0.3 is 0 Å². The first-order chi connectivity index (χ1) is 8.54. The number of benzene rings is 1. The zero-order valence-corrected chi connectivity index (χ0v) is 12.7. The van der Waals surface area contributed by atoms with Gasteiger partial charge in [-0.05, 0) is 40.5 Å².